The van der Waals surface area contributed by atoms with Gasteiger partial charge in [-0.2, -0.15) is 5.10 Å². The molecule has 1 aliphatic rings. The van der Waals surface area contributed by atoms with Crippen LogP contribution in [0.5, 0.6) is 0 Å². The second kappa shape index (κ2) is 6.28. The maximum Gasteiger partial charge on any atom is 0.308 e. The highest BCUT2D eigenvalue weighted by molar-refractivity contribution is 5.93. The molecule has 116 valence electrons. The third-order valence-corrected chi connectivity index (χ3v) is 4.36. The van der Waals surface area contributed by atoms with Crippen molar-refractivity contribution in [3.05, 3.63) is 18.0 Å². The van der Waals surface area contributed by atoms with Gasteiger partial charge in [0.15, 0.2) is 0 Å². The first-order valence-corrected chi connectivity index (χ1v) is 7.55. The van der Waals surface area contributed by atoms with E-state index in [1.54, 1.807) is 11.0 Å². The van der Waals surface area contributed by atoms with Crippen LogP contribution in [0.15, 0.2) is 12.3 Å². The Morgan fingerprint density at radius 3 is 2.57 bits per heavy atom. The van der Waals surface area contributed by atoms with E-state index in [0.29, 0.717) is 18.3 Å². The quantitative estimate of drug-likeness (QED) is 0.901. The molecule has 2 atom stereocenters. The van der Waals surface area contributed by atoms with E-state index in [1.807, 2.05) is 17.8 Å². The molecule has 1 aromatic heterocycles. The van der Waals surface area contributed by atoms with E-state index in [0.717, 1.165) is 12.8 Å². The van der Waals surface area contributed by atoms with Crippen LogP contribution >= 0.6 is 0 Å². The fourth-order valence-corrected chi connectivity index (χ4v) is 2.93. The largest absolute Gasteiger partial charge is 0.481 e. The number of carbonyl (C=O) groups excluding carboxylic acids is 1. The van der Waals surface area contributed by atoms with Gasteiger partial charge in [-0.15, -0.1) is 0 Å². The Morgan fingerprint density at radius 1 is 1.38 bits per heavy atom. The van der Waals surface area contributed by atoms with Gasteiger partial charge in [0.05, 0.1) is 12.0 Å². The number of carboxylic acids is 1. The second-order valence-electron chi connectivity index (χ2n) is 5.78. The SMILES string of the molecule is CCC(CC)n1ccc(C(=O)N2C[C@@H](C)[C@H](C(=O)O)C2)n1. The zero-order valence-corrected chi connectivity index (χ0v) is 12.8. The minimum Gasteiger partial charge on any atom is -0.481 e. The van der Waals surface area contributed by atoms with Crippen LogP contribution in [-0.4, -0.2) is 44.8 Å². The van der Waals surface area contributed by atoms with Gasteiger partial charge in [-0.3, -0.25) is 14.3 Å². The lowest BCUT2D eigenvalue weighted by molar-refractivity contribution is -0.142. The molecule has 0 aromatic carbocycles. The molecule has 1 amide bonds. The van der Waals surface area contributed by atoms with Crippen LogP contribution in [0.4, 0.5) is 0 Å². The number of hydrogen-bond acceptors (Lipinski definition) is 3. The second-order valence-corrected chi connectivity index (χ2v) is 5.78. The fraction of sp³-hybridized carbons (Fsp3) is 0.667. The van der Waals surface area contributed by atoms with Gasteiger partial charge in [-0.05, 0) is 24.8 Å². The summed E-state index contributed by atoms with van der Waals surface area (Å²) in [5, 5.41) is 13.5. The van der Waals surface area contributed by atoms with Gasteiger partial charge in [0.2, 0.25) is 0 Å². The number of rotatable bonds is 5. The number of aromatic nitrogens is 2. The average Bonchev–Trinajstić information content (AvgIpc) is 3.06. The molecule has 0 unspecified atom stereocenters. The van der Waals surface area contributed by atoms with Crippen molar-refractivity contribution in [3.63, 3.8) is 0 Å². The molecule has 2 rings (SSSR count). The lowest BCUT2D eigenvalue weighted by atomic mass is 9.99. The van der Waals surface area contributed by atoms with Gasteiger partial charge in [0.1, 0.15) is 5.69 Å². The predicted octanol–water partition coefficient (Wildman–Crippen LogP) is 2.04. The van der Waals surface area contributed by atoms with Crippen molar-refractivity contribution in [3.8, 4) is 0 Å². The Balaban J connectivity index is 2.09. The number of carboxylic acid groups (broad SMARTS) is 1. The highest BCUT2D eigenvalue weighted by atomic mass is 16.4. The first-order chi connectivity index (χ1) is 9.97. The van der Waals surface area contributed by atoms with E-state index in [1.165, 1.54) is 0 Å². The van der Waals surface area contributed by atoms with E-state index in [-0.39, 0.29) is 18.4 Å². The van der Waals surface area contributed by atoms with Crippen molar-refractivity contribution >= 4 is 11.9 Å². The molecule has 0 spiro atoms. The van der Waals surface area contributed by atoms with Crippen molar-refractivity contribution in [2.75, 3.05) is 13.1 Å². The molecule has 1 aliphatic heterocycles. The Hall–Kier alpha value is -1.85. The standard InChI is InChI=1S/C15H23N3O3/c1-4-11(5-2)18-7-6-13(16-18)14(19)17-8-10(3)12(9-17)15(20)21/h6-7,10-12H,4-5,8-9H2,1-3H3,(H,20,21)/t10-,12-/m1/s1. The van der Waals surface area contributed by atoms with Gasteiger partial charge >= 0.3 is 5.97 Å². The maximum atomic E-state index is 12.4. The summed E-state index contributed by atoms with van der Waals surface area (Å²) in [5.41, 5.74) is 0.403. The molecule has 0 saturated carbocycles. The smallest absolute Gasteiger partial charge is 0.308 e. The van der Waals surface area contributed by atoms with Crippen molar-refractivity contribution in [1.29, 1.82) is 0 Å². The third kappa shape index (κ3) is 3.09. The summed E-state index contributed by atoms with van der Waals surface area (Å²) in [5.74, 6) is -1.50. The topological polar surface area (TPSA) is 75.4 Å². The summed E-state index contributed by atoms with van der Waals surface area (Å²) < 4.78 is 1.83. The lowest BCUT2D eigenvalue weighted by Crippen LogP contribution is -2.30. The molecule has 2 heterocycles. The van der Waals surface area contributed by atoms with E-state index in [9.17, 15) is 9.59 Å². The summed E-state index contributed by atoms with van der Waals surface area (Å²) in [6.45, 7) is 6.81. The van der Waals surface area contributed by atoms with Gasteiger partial charge in [-0.25, -0.2) is 0 Å². The fourth-order valence-electron chi connectivity index (χ4n) is 2.93. The van der Waals surface area contributed by atoms with Crippen molar-refractivity contribution in [1.82, 2.24) is 14.7 Å². The Labute approximate surface area is 124 Å². The maximum absolute atomic E-state index is 12.4. The van der Waals surface area contributed by atoms with Crippen LogP contribution in [0.25, 0.3) is 0 Å². The normalized spacial score (nSPS) is 22.0. The number of amides is 1. The van der Waals surface area contributed by atoms with Crippen LogP contribution in [0.2, 0.25) is 0 Å². The Kier molecular flexibility index (Phi) is 4.65. The summed E-state index contributed by atoms with van der Waals surface area (Å²) in [7, 11) is 0. The minimum atomic E-state index is -0.833. The molecule has 0 radical (unpaired) electrons. The molecular weight excluding hydrogens is 270 g/mol. The monoisotopic (exact) mass is 293 g/mol. The third-order valence-electron chi connectivity index (χ3n) is 4.36. The summed E-state index contributed by atoms with van der Waals surface area (Å²) in [4.78, 5) is 25.2. The minimum absolute atomic E-state index is 0.0208. The molecule has 6 nitrogen and oxygen atoms in total. The number of hydrogen-bond donors (Lipinski definition) is 1. The van der Waals surface area contributed by atoms with E-state index in [4.69, 9.17) is 5.11 Å². The number of carbonyl (C=O) groups is 2. The molecule has 0 bridgehead atoms. The van der Waals surface area contributed by atoms with Crippen LogP contribution in [0.3, 0.4) is 0 Å². The van der Waals surface area contributed by atoms with Gasteiger partial charge in [-0.1, -0.05) is 20.8 Å². The van der Waals surface area contributed by atoms with Crippen LogP contribution < -0.4 is 0 Å². The molecule has 1 aromatic rings. The van der Waals surface area contributed by atoms with E-state index < -0.39 is 11.9 Å². The average molecular weight is 293 g/mol. The Morgan fingerprint density at radius 2 is 2.05 bits per heavy atom. The molecule has 1 saturated heterocycles. The van der Waals surface area contributed by atoms with Crippen molar-refractivity contribution < 1.29 is 14.7 Å². The lowest BCUT2D eigenvalue weighted by Gasteiger charge is -2.15. The highest BCUT2D eigenvalue weighted by Gasteiger charge is 2.37. The van der Waals surface area contributed by atoms with Crippen LogP contribution in [0.1, 0.15) is 50.1 Å². The van der Waals surface area contributed by atoms with Crippen LogP contribution in [-0.2, 0) is 4.79 Å². The van der Waals surface area contributed by atoms with E-state index in [2.05, 4.69) is 18.9 Å². The van der Waals surface area contributed by atoms with Crippen molar-refractivity contribution in [2.45, 2.75) is 39.7 Å². The highest BCUT2D eigenvalue weighted by Crippen LogP contribution is 2.24. The van der Waals surface area contributed by atoms with Gasteiger partial charge in [0.25, 0.3) is 5.91 Å². The van der Waals surface area contributed by atoms with Crippen molar-refractivity contribution in [2.24, 2.45) is 11.8 Å². The first kappa shape index (κ1) is 15.5. The van der Waals surface area contributed by atoms with Crippen LogP contribution in [0, 0.1) is 11.8 Å². The number of aliphatic carboxylic acids is 1. The first-order valence-electron chi connectivity index (χ1n) is 7.55. The molecule has 21 heavy (non-hydrogen) atoms. The molecule has 1 fully saturated rings. The summed E-state index contributed by atoms with van der Waals surface area (Å²) >= 11 is 0. The summed E-state index contributed by atoms with van der Waals surface area (Å²) in [6, 6.07) is 2.02. The molecule has 0 aliphatic carbocycles. The van der Waals surface area contributed by atoms with Gasteiger partial charge in [0, 0.05) is 19.3 Å². The van der Waals surface area contributed by atoms with E-state index >= 15 is 0 Å². The zero-order chi connectivity index (χ0) is 15.6. The number of nitrogens with zero attached hydrogens (tertiary/aromatic N) is 3. The zero-order valence-electron chi connectivity index (χ0n) is 12.8. The molecular formula is C15H23N3O3. The molecule has 1 N–H and O–H groups in total. The Bertz CT molecular complexity index is 522. The molecule has 6 heteroatoms. The van der Waals surface area contributed by atoms with Gasteiger partial charge < -0.3 is 10.0 Å². The summed E-state index contributed by atoms with van der Waals surface area (Å²) in [6.07, 6.45) is 3.76. The number of likely N-dealkylation sites (tertiary alicyclic amines) is 1. The predicted molar refractivity (Wildman–Crippen MR) is 78.0 cm³/mol.